The zero-order valence-corrected chi connectivity index (χ0v) is 14.4. The second-order valence-electron chi connectivity index (χ2n) is 6.57. The second kappa shape index (κ2) is 8.72. The van der Waals surface area contributed by atoms with Crippen LogP contribution in [0, 0.1) is 11.2 Å². The summed E-state index contributed by atoms with van der Waals surface area (Å²) in [6.45, 7) is 9.25. The number of rotatable bonds is 7. The van der Waals surface area contributed by atoms with Gasteiger partial charge in [0.05, 0.1) is 6.61 Å². The van der Waals surface area contributed by atoms with Crippen LogP contribution in [-0.2, 0) is 0 Å². The average Bonchev–Trinajstić information content (AvgIpc) is 2.45. The van der Waals surface area contributed by atoms with Gasteiger partial charge >= 0.3 is 6.03 Å². The summed E-state index contributed by atoms with van der Waals surface area (Å²) < 4.78 is 19.0. The number of benzene rings is 1. The fraction of sp³-hybridized carbons (Fsp3) is 0.588. The van der Waals surface area contributed by atoms with Crippen molar-refractivity contribution in [3.63, 3.8) is 0 Å². The van der Waals surface area contributed by atoms with Crippen molar-refractivity contribution in [1.82, 2.24) is 4.90 Å². The first kappa shape index (κ1) is 19.2. The highest BCUT2D eigenvalue weighted by Crippen LogP contribution is 2.22. The Bertz CT molecular complexity index is 515. The maximum absolute atomic E-state index is 13.8. The van der Waals surface area contributed by atoms with Crippen molar-refractivity contribution < 1.29 is 19.0 Å². The van der Waals surface area contributed by atoms with E-state index in [9.17, 15) is 9.18 Å². The molecule has 2 N–H and O–H groups in total. The molecule has 0 radical (unpaired) electrons. The van der Waals surface area contributed by atoms with Crippen molar-refractivity contribution >= 4 is 11.7 Å². The highest BCUT2D eigenvalue weighted by molar-refractivity contribution is 5.89. The van der Waals surface area contributed by atoms with Crippen LogP contribution in [0.1, 0.15) is 34.1 Å². The van der Waals surface area contributed by atoms with E-state index in [4.69, 9.17) is 9.84 Å². The number of hydrogen-bond acceptors (Lipinski definition) is 3. The number of amides is 2. The van der Waals surface area contributed by atoms with E-state index >= 15 is 0 Å². The minimum atomic E-state index is -0.512. The van der Waals surface area contributed by atoms with Gasteiger partial charge in [-0.2, -0.15) is 0 Å². The van der Waals surface area contributed by atoms with Crippen LogP contribution in [0.25, 0.3) is 0 Å². The predicted octanol–water partition coefficient (Wildman–Crippen LogP) is 3.49. The number of carbonyl (C=O) groups excluding carboxylic acids is 1. The van der Waals surface area contributed by atoms with Gasteiger partial charge in [0.25, 0.3) is 0 Å². The fourth-order valence-corrected chi connectivity index (χ4v) is 2.14. The Labute approximate surface area is 137 Å². The van der Waals surface area contributed by atoms with E-state index in [1.165, 1.54) is 12.1 Å². The summed E-state index contributed by atoms with van der Waals surface area (Å²) in [5.74, 6) is -0.347. The molecule has 5 nitrogen and oxygen atoms in total. The van der Waals surface area contributed by atoms with Gasteiger partial charge in [-0.3, -0.25) is 0 Å². The van der Waals surface area contributed by atoms with Crippen LogP contribution in [0.3, 0.4) is 0 Å². The third-order valence-electron chi connectivity index (χ3n) is 3.02. The Kier molecular flexibility index (Phi) is 7.29. The average molecular weight is 326 g/mol. The molecule has 2 amide bonds. The van der Waals surface area contributed by atoms with Gasteiger partial charge in [0, 0.05) is 31.5 Å². The molecule has 0 aliphatic heterocycles. The zero-order valence-electron chi connectivity index (χ0n) is 14.4. The first-order chi connectivity index (χ1) is 10.8. The van der Waals surface area contributed by atoms with Crippen LogP contribution in [0.15, 0.2) is 18.2 Å². The van der Waals surface area contributed by atoms with Gasteiger partial charge in [-0.25, -0.2) is 9.18 Å². The van der Waals surface area contributed by atoms with Crippen LogP contribution in [0.2, 0.25) is 0 Å². The number of nitrogens with one attached hydrogen (secondary N) is 1. The third-order valence-corrected chi connectivity index (χ3v) is 3.02. The van der Waals surface area contributed by atoms with Gasteiger partial charge < -0.3 is 20.1 Å². The van der Waals surface area contributed by atoms with Gasteiger partial charge in [0.15, 0.2) is 11.6 Å². The van der Waals surface area contributed by atoms with Gasteiger partial charge in [0.2, 0.25) is 0 Å². The Hall–Kier alpha value is -1.82. The van der Waals surface area contributed by atoms with E-state index in [0.717, 1.165) is 0 Å². The standard InChI is InChI=1S/C17H27FN2O3/c1-5-23-15-8-7-13(11-14(15)18)19-16(22)20(9-6-10-21)12-17(2,3)4/h7-8,11,21H,5-6,9-10,12H2,1-4H3,(H,19,22). The largest absolute Gasteiger partial charge is 0.491 e. The molecule has 0 fully saturated rings. The van der Waals surface area contributed by atoms with Crippen molar-refractivity contribution in [2.75, 3.05) is 31.6 Å². The number of halogens is 1. The third kappa shape index (κ3) is 6.86. The van der Waals surface area contributed by atoms with E-state index in [1.54, 1.807) is 17.9 Å². The number of aliphatic hydroxyl groups is 1. The van der Waals surface area contributed by atoms with Gasteiger partial charge in [-0.05, 0) is 30.9 Å². The van der Waals surface area contributed by atoms with Gasteiger partial charge in [0.1, 0.15) is 0 Å². The molecular formula is C17H27FN2O3. The Morgan fingerprint density at radius 3 is 2.61 bits per heavy atom. The molecule has 0 spiro atoms. The summed E-state index contributed by atoms with van der Waals surface area (Å²) >= 11 is 0. The first-order valence-electron chi connectivity index (χ1n) is 7.86. The molecule has 0 saturated carbocycles. The van der Waals surface area contributed by atoms with Gasteiger partial charge in [-0.15, -0.1) is 0 Å². The van der Waals surface area contributed by atoms with Crippen LogP contribution < -0.4 is 10.1 Å². The molecule has 0 aromatic heterocycles. The number of hydrogen-bond donors (Lipinski definition) is 2. The molecule has 0 unspecified atom stereocenters. The lowest BCUT2D eigenvalue weighted by atomic mass is 9.96. The Balaban J connectivity index is 2.78. The second-order valence-corrected chi connectivity index (χ2v) is 6.57. The first-order valence-corrected chi connectivity index (χ1v) is 7.86. The van der Waals surface area contributed by atoms with Crippen molar-refractivity contribution in [3.8, 4) is 5.75 Å². The lowest BCUT2D eigenvalue weighted by Crippen LogP contribution is -2.41. The number of nitrogens with zero attached hydrogens (tertiary/aromatic N) is 1. The lowest BCUT2D eigenvalue weighted by molar-refractivity contribution is 0.176. The quantitative estimate of drug-likeness (QED) is 0.806. The highest BCUT2D eigenvalue weighted by atomic mass is 19.1. The SMILES string of the molecule is CCOc1ccc(NC(=O)N(CCCO)CC(C)(C)C)cc1F. The Morgan fingerprint density at radius 1 is 1.39 bits per heavy atom. The number of carbonyl (C=O) groups is 1. The summed E-state index contributed by atoms with van der Waals surface area (Å²) in [5, 5.41) is 11.7. The summed E-state index contributed by atoms with van der Waals surface area (Å²) in [5.41, 5.74) is 0.301. The predicted molar refractivity (Wildman–Crippen MR) is 89.3 cm³/mol. The molecule has 1 aromatic rings. The molecule has 130 valence electrons. The lowest BCUT2D eigenvalue weighted by Gasteiger charge is -2.30. The molecule has 0 heterocycles. The van der Waals surface area contributed by atoms with E-state index in [2.05, 4.69) is 5.32 Å². The van der Waals surface area contributed by atoms with Crippen molar-refractivity contribution in [2.45, 2.75) is 34.1 Å². The van der Waals surface area contributed by atoms with Crippen LogP contribution in [0.4, 0.5) is 14.9 Å². The molecule has 6 heteroatoms. The van der Waals surface area contributed by atoms with E-state index in [1.807, 2.05) is 20.8 Å². The molecule has 1 rings (SSSR count). The van der Waals surface area contributed by atoms with E-state index in [0.29, 0.717) is 31.8 Å². The van der Waals surface area contributed by atoms with Crippen LogP contribution in [0.5, 0.6) is 5.75 Å². The smallest absolute Gasteiger partial charge is 0.321 e. The number of anilines is 1. The fourth-order valence-electron chi connectivity index (χ4n) is 2.14. The van der Waals surface area contributed by atoms with Crippen molar-refractivity contribution in [1.29, 1.82) is 0 Å². The van der Waals surface area contributed by atoms with Crippen molar-refractivity contribution in [2.24, 2.45) is 5.41 Å². The topological polar surface area (TPSA) is 61.8 Å². The monoisotopic (exact) mass is 326 g/mol. The molecule has 0 saturated heterocycles. The summed E-state index contributed by atoms with van der Waals surface area (Å²) in [7, 11) is 0. The Morgan fingerprint density at radius 2 is 2.09 bits per heavy atom. The highest BCUT2D eigenvalue weighted by Gasteiger charge is 2.21. The maximum Gasteiger partial charge on any atom is 0.321 e. The van der Waals surface area contributed by atoms with Crippen molar-refractivity contribution in [3.05, 3.63) is 24.0 Å². The molecular weight excluding hydrogens is 299 g/mol. The minimum Gasteiger partial charge on any atom is -0.491 e. The molecule has 0 aliphatic carbocycles. The number of urea groups is 1. The molecule has 0 bridgehead atoms. The normalized spacial score (nSPS) is 11.2. The number of ether oxygens (including phenoxy) is 1. The number of aliphatic hydroxyl groups excluding tert-OH is 1. The summed E-state index contributed by atoms with van der Waals surface area (Å²) in [4.78, 5) is 14.0. The minimum absolute atomic E-state index is 0.0194. The van der Waals surface area contributed by atoms with Crippen LogP contribution >= 0.6 is 0 Å². The maximum atomic E-state index is 13.8. The molecule has 0 aliphatic rings. The zero-order chi connectivity index (χ0) is 17.5. The molecule has 23 heavy (non-hydrogen) atoms. The molecule has 0 atom stereocenters. The summed E-state index contributed by atoms with van der Waals surface area (Å²) in [6.07, 6.45) is 0.501. The molecule has 1 aromatic carbocycles. The van der Waals surface area contributed by atoms with Gasteiger partial charge in [-0.1, -0.05) is 20.8 Å². The van der Waals surface area contributed by atoms with Crippen LogP contribution in [-0.4, -0.2) is 42.3 Å². The van der Waals surface area contributed by atoms with E-state index < -0.39 is 5.82 Å². The van der Waals surface area contributed by atoms with E-state index in [-0.39, 0.29) is 23.8 Å². The summed E-state index contributed by atoms with van der Waals surface area (Å²) in [6, 6.07) is 4.03.